The van der Waals surface area contributed by atoms with Crippen LogP contribution in [0, 0.1) is 6.92 Å². The molecule has 4 rings (SSSR count). The zero-order valence-corrected chi connectivity index (χ0v) is 21.1. The number of aryl methyl sites for hydroxylation is 1. The summed E-state index contributed by atoms with van der Waals surface area (Å²) in [4.78, 5) is 0. The van der Waals surface area contributed by atoms with Gasteiger partial charge in [-0.1, -0.05) is 129 Å². The fourth-order valence-corrected chi connectivity index (χ4v) is 7.56. The summed E-state index contributed by atoms with van der Waals surface area (Å²) in [6.45, 7) is 12.1. The third kappa shape index (κ3) is 4.70. The van der Waals surface area contributed by atoms with Crippen molar-refractivity contribution in [1.82, 2.24) is 0 Å². The van der Waals surface area contributed by atoms with Crippen LogP contribution in [0.25, 0.3) is 22.9 Å². The van der Waals surface area contributed by atoms with Crippen LogP contribution in [0.3, 0.4) is 0 Å². The maximum absolute atomic E-state index is 6.59. The van der Waals surface area contributed by atoms with Gasteiger partial charge in [0.05, 0.1) is 0 Å². The summed E-state index contributed by atoms with van der Waals surface area (Å²) in [5.41, 5.74) is 3.53. The molecule has 0 saturated carbocycles. The standard InChI is InChI=1S/C28H25PS.C2H6/c1-4-8-24-19-27(17-13-22(24)5-2)29(30,26-15-11-21(3)12-16-26)28-18-14-23-9-6-7-10-25(23)20-28;1-2/h4-20H,2H2,1,3H3;1-2H3/b8-4-;. The predicted octanol–water partition coefficient (Wildman–Crippen LogP) is 7.61. The second-order valence-electron chi connectivity index (χ2n) is 7.49. The molecule has 1 atom stereocenters. The molecule has 0 bridgehead atoms. The van der Waals surface area contributed by atoms with Crippen LogP contribution >= 0.6 is 6.04 Å². The van der Waals surface area contributed by atoms with Gasteiger partial charge >= 0.3 is 0 Å². The van der Waals surface area contributed by atoms with Crippen LogP contribution in [0.5, 0.6) is 0 Å². The zero-order chi connectivity index (χ0) is 23.1. The van der Waals surface area contributed by atoms with Crippen LogP contribution in [0.2, 0.25) is 0 Å². The van der Waals surface area contributed by atoms with Gasteiger partial charge in [-0.25, -0.2) is 0 Å². The van der Waals surface area contributed by atoms with Crippen LogP contribution < -0.4 is 15.9 Å². The Morgan fingerprint density at radius 2 is 1.31 bits per heavy atom. The van der Waals surface area contributed by atoms with Crippen LogP contribution in [-0.4, -0.2) is 0 Å². The lowest BCUT2D eigenvalue weighted by Gasteiger charge is -2.25. The monoisotopic (exact) mass is 454 g/mol. The van der Waals surface area contributed by atoms with E-state index in [-0.39, 0.29) is 0 Å². The van der Waals surface area contributed by atoms with Gasteiger partial charge in [0.1, 0.15) is 0 Å². The van der Waals surface area contributed by atoms with E-state index < -0.39 is 6.04 Å². The van der Waals surface area contributed by atoms with Gasteiger partial charge in [0.25, 0.3) is 0 Å². The van der Waals surface area contributed by atoms with Crippen molar-refractivity contribution >= 4 is 56.7 Å². The van der Waals surface area contributed by atoms with Crippen molar-refractivity contribution in [3.63, 3.8) is 0 Å². The van der Waals surface area contributed by atoms with Gasteiger partial charge in [0.2, 0.25) is 0 Å². The Bertz CT molecular complexity index is 1300. The fourth-order valence-electron chi connectivity index (χ4n) is 3.84. The van der Waals surface area contributed by atoms with E-state index in [0.29, 0.717) is 0 Å². The molecule has 0 saturated heterocycles. The summed E-state index contributed by atoms with van der Waals surface area (Å²) in [5, 5.41) is 6.11. The van der Waals surface area contributed by atoms with Gasteiger partial charge in [-0.3, -0.25) is 0 Å². The second kappa shape index (κ2) is 10.7. The maximum atomic E-state index is 6.59. The Balaban J connectivity index is 0.00000141. The molecule has 32 heavy (non-hydrogen) atoms. The Morgan fingerprint density at radius 1 is 0.719 bits per heavy atom. The van der Waals surface area contributed by atoms with Crippen molar-refractivity contribution in [2.45, 2.75) is 27.7 Å². The molecule has 0 amide bonds. The van der Waals surface area contributed by atoms with Crippen LogP contribution in [0.4, 0.5) is 0 Å². The molecule has 1 unspecified atom stereocenters. The number of hydrogen-bond donors (Lipinski definition) is 0. The van der Waals surface area contributed by atoms with Crippen molar-refractivity contribution in [2.75, 3.05) is 0 Å². The van der Waals surface area contributed by atoms with E-state index >= 15 is 0 Å². The van der Waals surface area contributed by atoms with E-state index in [4.69, 9.17) is 11.8 Å². The highest BCUT2D eigenvalue weighted by Crippen LogP contribution is 2.44. The van der Waals surface area contributed by atoms with Gasteiger partial charge in [-0.15, -0.1) is 0 Å². The first-order chi connectivity index (χ1) is 15.6. The smallest absolute Gasteiger partial charge is 0.0379 e. The average Bonchev–Trinajstić information content (AvgIpc) is 2.85. The van der Waals surface area contributed by atoms with Gasteiger partial charge in [0, 0.05) is 6.04 Å². The van der Waals surface area contributed by atoms with E-state index in [2.05, 4.69) is 111 Å². The average molecular weight is 455 g/mol. The second-order valence-corrected chi connectivity index (χ2v) is 11.9. The molecule has 2 heteroatoms. The maximum Gasteiger partial charge on any atom is 0.0379 e. The summed E-state index contributed by atoms with van der Waals surface area (Å²) in [7, 11) is 0. The molecule has 0 heterocycles. The summed E-state index contributed by atoms with van der Waals surface area (Å²) in [5.74, 6) is 0. The Labute approximate surface area is 198 Å². The fraction of sp³-hybridized carbons (Fsp3) is 0.133. The van der Waals surface area contributed by atoms with Crippen molar-refractivity contribution in [2.24, 2.45) is 0 Å². The predicted molar refractivity (Wildman–Crippen MR) is 151 cm³/mol. The van der Waals surface area contributed by atoms with Gasteiger partial charge in [0.15, 0.2) is 0 Å². The minimum atomic E-state index is -2.22. The molecule has 0 aliphatic rings. The molecule has 0 radical (unpaired) electrons. The Kier molecular flexibility index (Phi) is 8.02. The molecule has 0 aliphatic carbocycles. The number of fused-ring (bicyclic) bond motifs is 1. The molecule has 162 valence electrons. The highest BCUT2D eigenvalue weighted by molar-refractivity contribution is 8.25. The highest BCUT2D eigenvalue weighted by Gasteiger charge is 2.25. The van der Waals surface area contributed by atoms with Gasteiger partial charge < -0.3 is 0 Å². The van der Waals surface area contributed by atoms with Crippen molar-refractivity contribution in [1.29, 1.82) is 0 Å². The Hall–Kier alpha value is -2.73. The summed E-state index contributed by atoms with van der Waals surface area (Å²) >= 11 is 6.59. The normalized spacial score (nSPS) is 12.8. The molecule has 0 aliphatic heterocycles. The Morgan fingerprint density at radius 3 is 1.97 bits per heavy atom. The van der Waals surface area contributed by atoms with Crippen molar-refractivity contribution < 1.29 is 0 Å². The van der Waals surface area contributed by atoms with E-state index in [9.17, 15) is 0 Å². The number of allylic oxidation sites excluding steroid dienone is 1. The lowest BCUT2D eigenvalue weighted by molar-refractivity contribution is 1.49. The lowest BCUT2D eigenvalue weighted by atomic mass is 10.1. The molecule has 0 nitrogen and oxygen atoms in total. The molecule has 0 fully saturated rings. The molecule has 4 aromatic carbocycles. The van der Waals surface area contributed by atoms with Crippen LogP contribution in [-0.2, 0) is 11.8 Å². The SMILES string of the molecule is C=Cc1ccc(P(=S)(c2ccc(C)cc2)c2ccc3ccccc3c2)cc1/C=C\C.CC. The topological polar surface area (TPSA) is 0 Å². The molecule has 4 aromatic rings. The van der Waals surface area contributed by atoms with E-state index in [1.54, 1.807) is 0 Å². The van der Waals surface area contributed by atoms with Crippen molar-refractivity contribution in [3.05, 3.63) is 114 Å². The molecular weight excluding hydrogens is 423 g/mol. The molecule has 0 spiro atoms. The number of hydrogen-bond acceptors (Lipinski definition) is 1. The molecular formula is C30H31PS. The summed E-state index contributed by atoms with van der Waals surface area (Å²) in [6, 6.07) is 28.3. The third-order valence-corrected chi connectivity index (χ3v) is 10.4. The number of rotatable bonds is 5. The minimum Gasteiger partial charge on any atom is -0.0984 e. The summed E-state index contributed by atoms with van der Waals surface area (Å²) in [6.07, 6.45) is 6.11. The van der Waals surface area contributed by atoms with Crippen LogP contribution in [0.15, 0.2) is 97.6 Å². The van der Waals surface area contributed by atoms with Gasteiger partial charge in [-0.2, -0.15) is 0 Å². The third-order valence-electron chi connectivity index (χ3n) is 5.49. The van der Waals surface area contributed by atoms with Crippen LogP contribution in [0.1, 0.15) is 37.5 Å². The first kappa shape index (κ1) is 23.9. The zero-order valence-electron chi connectivity index (χ0n) is 19.4. The minimum absolute atomic E-state index is 1.13. The highest BCUT2D eigenvalue weighted by atomic mass is 32.4. The molecule has 0 aromatic heterocycles. The molecule has 0 N–H and O–H groups in total. The van der Waals surface area contributed by atoms with Crippen molar-refractivity contribution in [3.8, 4) is 0 Å². The number of benzene rings is 4. The first-order valence-electron chi connectivity index (χ1n) is 11.1. The first-order valence-corrected chi connectivity index (χ1v) is 13.9. The van der Waals surface area contributed by atoms with E-state index in [0.717, 1.165) is 11.1 Å². The quantitative estimate of drug-likeness (QED) is 0.280. The van der Waals surface area contributed by atoms with E-state index in [1.165, 1.54) is 32.2 Å². The van der Waals surface area contributed by atoms with E-state index in [1.807, 2.05) is 26.8 Å². The largest absolute Gasteiger partial charge is 0.0984 e. The van der Waals surface area contributed by atoms with Gasteiger partial charge in [-0.05, 0) is 63.8 Å². The lowest BCUT2D eigenvalue weighted by Crippen LogP contribution is -2.25. The summed E-state index contributed by atoms with van der Waals surface area (Å²) < 4.78 is 0.